The van der Waals surface area contributed by atoms with Crippen LogP contribution in [0.15, 0.2) is 0 Å². The van der Waals surface area contributed by atoms with Crippen molar-refractivity contribution in [3.63, 3.8) is 0 Å². The van der Waals surface area contributed by atoms with E-state index in [1.165, 1.54) is 0 Å². The zero-order valence-corrected chi connectivity index (χ0v) is 13.1. The molecular formula is C13H25N3O3S. The van der Waals surface area contributed by atoms with Gasteiger partial charge in [-0.25, -0.2) is 13.1 Å². The van der Waals surface area contributed by atoms with E-state index in [4.69, 9.17) is 0 Å². The van der Waals surface area contributed by atoms with Gasteiger partial charge in [0.05, 0.1) is 11.7 Å². The van der Waals surface area contributed by atoms with Crippen LogP contribution in [0.4, 0.5) is 0 Å². The molecule has 0 aromatic rings. The van der Waals surface area contributed by atoms with Crippen LogP contribution in [-0.4, -0.2) is 56.7 Å². The molecule has 2 N–H and O–H groups in total. The van der Waals surface area contributed by atoms with Gasteiger partial charge in [-0.2, -0.15) is 0 Å². The van der Waals surface area contributed by atoms with Crippen LogP contribution in [0.25, 0.3) is 0 Å². The minimum absolute atomic E-state index is 0.0249. The van der Waals surface area contributed by atoms with Gasteiger partial charge in [-0.15, -0.1) is 0 Å². The number of rotatable bonds is 4. The van der Waals surface area contributed by atoms with E-state index in [9.17, 15) is 13.2 Å². The van der Waals surface area contributed by atoms with Gasteiger partial charge in [-0.05, 0) is 39.7 Å². The Bertz CT molecular complexity index is 444. The summed E-state index contributed by atoms with van der Waals surface area (Å²) in [6.07, 6.45) is 2.32. The van der Waals surface area contributed by atoms with Crippen LogP contribution in [0, 0.1) is 5.92 Å². The van der Waals surface area contributed by atoms with Gasteiger partial charge < -0.3 is 10.2 Å². The molecule has 0 aliphatic carbocycles. The van der Waals surface area contributed by atoms with Gasteiger partial charge in [-0.3, -0.25) is 4.79 Å². The average molecular weight is 303 g/mol. The molecule has 0 aromatic carbocycles. The van der Waals surface area contributed by atoms with Crippen molar-refractivity contribution in [1.29, 1.82) is 0 Å². The number of likely N-dealkylation sites (tertiary alicyclic amines) is 1. The normalized spacial score (nSPS) is 28.8. The van der Waals surface area contributed by atoms with Crippen molar-refractivity contribution in [2.24, 2.45) is 5.92 Å². The van der Waals surface area contributed by atoms with E-state index in [0.29, 0.717) is 25.9 Å². The fourth-order valence-corrected chi connectivity index (χ4v) is 3.90. The first-order valence-corrected chi connectivity index (χ1v) is 9.10. The number of piperidine rings is 1. The fourth-order valence-electron chi connectivity index (χ4n) is 2.99. The molecule has 2 unspecified atom stereocenters. The standard InChI is InChI=1S/C13H25N3O3S/c1-3-20(18,19)15-11-5-8-16(9-6-11)13(17)12-4-7-14-10(12)2/h10-12,14-15H,3-9H2,1-2H3. The van der Waals surface area contributed by atoms with E-state index < -0.39 is 10.0 Å². The van der Waals surface area contributed by atoms with Crippen molar-refractivity contribution in [3.05, 3.63) is 0 Å². The number of carbonyl (C=O) groups is 1. The first-order valence-electron chi connectivity index (χ1n) is 7.45. The van der Waals surface area contributed by atoms with E-state index in [1.54, 1.807) is 6.92 Å². The number of sulfonamides is 1. The molecule has 7 heteroatoms. The zero-order chi connectivity index (χ0) is 14.8. The van der Waals surface area contributed by atoms with E-state index >= 15 is 0 Å². The Morgan fingerprint density at radius 1 is 1.30 bits per heavy atom. The number of nitrogens with one attached hydrogen (secondary N) is 2. The highest BCUT2D eigenvalue weighted by Crippen LogP contribution is 2.21. The molecule has 2 rings (SSSR count). The maximum atomic E-state index is 12.4. The third-order valence-electron chi connectivity index (χ3n) is 4.38. The Balaban J connectivity index is 1.83. The zero-order valence-electron chi connectivity index (χ0n) is 12.3. The van der Waals surface area contributed by atoms with Crippen LogP contribution < -0.4 is 10.0 Å². The molecule has 0 saturated carbocycles. The molecule has 2 atom stereocenters. The number of nitrogens with zero attached hydrogens (tertiary/aromatic N) is 1. The smallest absolute Gasteiger partial charge is 0.227 e. The SMILES string of the molecule is CCS(=O)(=O)NC1CCN(C(=O)C2CCNC2C)CC1. The Kier molecular flexibility index (Phi) is 5.04. The second-order valence-electron chi connectivity index (χ2n) is 5.76. The van der Waals surface area contributed by atoms with Crippen molar-refractivity contribution >= 4 is 15.9 Å². The number of hydrogen-bond acceptors (Lipinski definition) is 4. The molecule has 2 aliphatic heterocycles. The maximum absolute atomic E-state index is 12.4. The molecule has 2 fully saturated rings. The summed E-state index contributed by atoms with van der Waals surface area (Å²) in [4.78, 5) is 14.3. The van der Waals surface area contributed by atoms with Crippen LogP contribution in [0.3, 0.4) is 0 Å². The highest BCUT2D eigenvalue weighted by atomic mass is 32.2. The van der Waals surface area contributed by atoms with Crippen LogP contribution in [0.5, 0.6) is 0 Å². The highest BCUT2D eigenvalue weighted by Gasteiger charge is 2.34. The minimum Gasteiger partial charge on any atom is -0.342 e. The summed E-state index contributed by atoms with van der Waals surface area (Å²) in [5.41, 5.74) is 0. The third kappa shape index (κ3) is 3.71. The molecule has 0 spiro atoms. The van der Waals surface area contributed by atoms with Crippen molar-refractivity contribution in [3.8, 4) is 0 Å². The Morgan fingerprint density at radius 2 is 1.95 bits per heavy atom. The lowest BCUT2D eigenvalue weighted by molar-refractivity contribution is -0.136. The lowest BCUT2D eigenvalue weighted by Crippen LogP contribution is -2.49. The summed E-state index contributed by atoms with van der Waals surface area (Å²) in [5, 5.41) is 3.30. The summed E-state index contributed by atoms with van der Waals surface area (Å²) >= 11 is 0. The number of hydrogen-bond donors (Lipinski definition) is 2. The van der Waals surface area contributed by atoms with Crippen molar-refractivity contribution in [2.45, 2.75) is 45.2 Å². The predicted octanol–water partition coefficient (Wildman–Crippen LogP) is -0.0853. The van der Waals surface area contributed by atoms with Gasteiger partial charge in [0.1, 0.15) is 0 Å². The molecule has 6 nitrogen and oxygen atoms in total. The van der Waals surface area contributed by atoms with Crippen LogP contribution >= 0.6 is 0 Å². The molecule has 0 aromatic heterocycles. The molecule has 2 saturated heterocycles. The summed E-state index contributed by atoms with van der Waals surface area (Å²) in [6, 6.07) is 0.224. The summed E-state index contributed by atoms with van der Waals surface area (Å²) in [7, 11) is -3.14. The Hall–Kier alpha value is -0.660. The van der Waals surface area contributed by atoms with Gasteiger partial charge in [0.15, 0.2) is 0 Å². The third-order valence-corrected chi connectivity index (χ3v) is 5.83. The molecule has 20 heavy (non-hydrogen) atoms. The van der Waals surface area contributed by atoms with Gasteiger partial charge >= 0.3 is 0 Å². The number of carbonyl (C=O) groups excluding carboxylic acids is 1. The molecule has 1 amide bonds. The molecule has 116 valence electrons. The first-order chi connectivity index (χ1) is 9.43. The van der Waals surface area contributed by atoms with E-state index in [2.05, 4.69) is 17.0 Å². The molecule has 0 radical (unpaired) electrons. The topological polar surface area (TPSA) is 78.5 Å². The number of amides is 1. The maximum Gasteiger partial charge on any atom is 0.227 e. The van der Waals surface area contributed by atoms with Crippen molar-refractivity contribution in [2.75, 3.05) is 25.4 Å². The lowest BCUT2D eigenvalue weighted by atomic mass is 9.98. The van der Waals surface area contributed by atoms with Crippen LogP contribution in [0.2, 0.25) is 0 Å². The summed E-state index contributed by atoms with van der Waals surface area (Å²) in [6.45, 7) is 5.90. The quantitative estimate of drug-likeness (QED) is 0.761. The summed E-state index contributed by atoms with van der Waals surface area (Å²) < 4.78 is 25.8. The minimum atomic E-state index is -3.14. The van der Waals surface area contributed by atoms with Gasteiger partial charge in [-0.1, -0.05) is 0 Å². The van der Waals surface area contributed by atoms with E-state index in [-0.39, 0.29) is 29.7 Å². The molecule has 2 heterocycles. The van der Waals surface area contributed by atoms with E-state index in [1.807, 2.05) is 4.90 Å². The second kappa shape index (κ2) is 6.41. The molecule has 2 aliphatic rings. The van der Waals surface area contributed by atoms with Crippen LogP contribution in [0.1, 0.15) is 33.1 Å². The van der Waals surface area contributed by atoms with Crippen molar-refractivity contribution < 1.29 is 13.2 Å². The van der Waals surface area contributed by atoms with Gasteiger partial charge in [0.25, 0.3) is 0 Å². The monoisotopic (exact) mass is 303 g/mol. The molecule has 0 bridgehead atoms. The second-order valence-corrected chi connectivity index (χ2v) is 7.80. The van der Waals surface area contributed by atoms with Crippen LogP contribution in [-0.2, 0) is 14.8 Å². The molecular weight excluding hydrogens is 278 g/mol. The fraction of sp³-hybridized carbons (Fsp3) is 0.923. The Morgan fingerprint density at radius 3 is 2.45 bits per heavy atom. The Labute approximate surface area is 121 Å². The largest absolute Gasteiger partial charge is 0.342 e. The lowest BCUT2D eigenvalue weighted by Gasteiger charge is -2.34. The highest BCUT2D eigenvalue weighted by molar-refractivity contribution is 7.89. The predicted molar refractivity (Wildman–Crippen MR) is 77.8 cm³/mol. The van der Waals surface area contributed by atoms with Gasteiger partial charge in [0, 0.05) is 25.2 Å². The van der Waals surface area contributed by atoms with Gasteiger partial charge in [0.2, 0.25) is 15.9 Å². The first kappa shape index (κ1) is 15.7. The van der Waals surface area contributed by atoms with E-state index in [0.717, 1.165) is 13.0 Å². The average Bonchev–Trinajstić information content (AvgIpc) is 2.85. The van der Waals surface area contributed by atoms with Crippen molar-refractivity contribution in [1.82, 2.24) is 14.9 Å². The summed E-state index contributed by atoms with van der Waals surface area (Å²) in [5.74, 6) is 0.412.